The number of hydrogen-bond donors (Lipinski definition) is 7. The molecule has 292 valence electrons. The summed E-state index contributed by atoms with van der Waals surface area (Å²) >= 11 is 0. The van der Waals surface area contributed by atoms with Crippen LogP contribution in [0.2, 0.25) is 0 Å². The van der Waals surface area contributed by atoms with E-state index in [0.717, 1.165) is 103 Å². The van der Waals surface area contributed by atoms with Gasteiger partial charge in [0.25, 0.3) is 0 Å². The molecular weight excluding hydrogens is 697 g/mol. The van der Waals surface area contributed by atoms with Gasteiger partial charge in [0.05, 0.1) is 29.0 Å². The third-order valence-electron chi connectivity index (χ3n) is 12.2. The van der Waals surface area contributed by atoms with Crippen LogP contribution in [-0.2, 0) is 53.3 Å². The van der Waals surface area contributed by atoms with Gasteiger partial charge >= 0.3 is 17.9 Å². The first kappa shape index (κ1) is 38.6. The average Bonchev–Trinajstić information content (AvgIpc) is 4.01. The number of carboxylic acid groups (broad SMARTS) is 3. The highest BCUT2D eigenvalue weighted by Gasteiger charge is 2.33. The summed E-state index contributed by atoms with van der Waals surface area (Å²) in [4.78, 5) is 39.3. The minimum absolute atomic E-state index is 0.0975. The normalized spacial score (nSPS) is 21.6. The van der Waals surface area contributed by atoms with Gasteiger partial charge in [-0.1, -0.05) is 54.6 Å². The maximum absolute atomic E-state index is 12.3. The largest absolute Gasteiger partial charge is 0.481 e. The van der Waals surface area contributed by atoms with Crippen LogP contribution in [-0.4, -0.2) is 87.6 Å². The number of H-pyrrole nitrogens is 1. The molecule has 0 amide bonds. The molecule has 6 atom stereocenters. The number of carbonyl (C=O) groups is 3. The summed E-state index contributed by atoms with van der Waals surface area (Å²) in [6.45, 7) is 6.41. The lowest BCUT2D eigenvalue weighted by atomic mass is 9.86. The van der Waals surface area contributed by atoms with Gasteiger partial charge in [0.15, 0.2) is 0 Å². The SMILES string of the molecule is O=C(O)[C@@H](Cc1cccc(CN(Cc2cccc(C[C@H](C(=O)O)[C@H]3CCNC3)c2)Cc2[nH]nc3ccc(C[C@H](C(=O)O)[C@H]4CCNC4)cc23)c1)[C@H]1CCNC1. The van der Waals surface area contributed by atoms with E-state index in [9.17, 15) is 29.7 Å². The van der Waals surface area contributed by atoms with Crippen molar-refractivity contribution in [2.24, 2.45) is 35.5 Å². The average molecular weight is 751 g/mol. The fraction of sp³-hybridized carbons (Fsp3) is 0.488. The molecule has 0 bridgehead atoms. The second-order valence-electron chi connectivity index (χ2n) is 16.0. The van der Waals surface area contributed by atoms with Gasteiger partial charge in [-0.05, 0) is 135 Å². The molecule has 12 nitrogen and oxygen atoms in total. The Morgan fingerprint density at radius 3 is 1.45 bits per heavy atom. The highest BCUT2D eigenvalue weighted by Crippen LogP contribution is 2.29. The molecule has 0 aliphatic carbocycles. The number of hydrogen-bond acceptors (Lipinski definition) is 8. The molecule has 12 heteroatoms. The van der Waals surface area contributed by atoms with Crippen molar-refractivity contribution in [2.75, 3.05) is 39.3 Å². The van der Waals surface area contributed by atoms with E-state index in [0.29, 0.717) is 38.9 Å². The lowest BCUT2D eigenvalue weighted by Gasteiger charge is -2.24. The Labute approximate surface area is 322 Å². The molecule has 3 aromatic carbocycles. The number of nitrogens with zero attached hydrogens (tertiary/aromatic N) is 2. The monoisotopic (exact) mass is 750 g/mol. The number of aromatic nitrogens is 2. The van der Waals surface area contributed by atoms with Crippen molar-refractivity contribution in [3.05, 3.63) is 100 Å². The number of benzene rings is 3. The lowest BCUT2D eigenvalue weighted by Crippen LogP contribution is -2.28. The smallest absolute Gasteiger partial charge is 0.307 e. The van der Waals surface area contributed by atoms with Crippen molar-refractivity contribution >= 4 is 28.8 Å². The highest BCUT2D eigenvalue weighted by molar-refractivity contribution is 5.82. The van der Waals surface area contributed by atoms with Crippen molar-refractivity contribution in [3.8, 4) is 0 Å². The minimum Gasteiger partial charge on any atom is -0.481 e. The zero-order valence-corrected chi connectivity index (χ0v) is 31.4. The Morgan fingerprint density at radius 2 is 1.04 bits per heavy atom. The van der Waals surface area contributed by atoms with Crippen LogP contribution in [0.3, 0.4) is 0 Å². The van der Waals surface area contributed by atoms with E-state index in [1.165, 1.54) is 0 Å². The summed E-state index contributed by atoms with van der Waals surface area (Å²) < 4.78 is 0. The van der Waals surface area contributed by atoms with E-state index in [2.05, 4.69) is 61.4 Å². The quantitative estimate of drug-likeness (QED) is 0.0770. The van der Waals surface area contributed by atoms with Crippen LogP contribution >= 0.6 is 0 Å². The van der Waals surface area contributed by atoms with Gasteiger partial charge in [0.2, 0.25) is 0 Å². The minimum atomic E-state index is -0.763. The summed E-state index contributed by atoms with van der Waals surface area (Å²) in [5, 5.41) is 49.1. The summed E-state index contributed by atoms with van der Waals surface area (Å²) in [5.41, 5.74) is 6.86. The molecular formula is C43H54N6O6. The van der Waals surface area contributed by atoms with E-state index in [1.807, 2.05) is 36.4 Å². The molecule has 55 heavy (non-hydrogen) atoms. The van der Waals surface area contributed by atoms with E-state index >= 15 is 0 Å². The first-order chi connectivity index (χ1) is 26.7. The topological polar surface area (TPSA) is 180 Å². The molecule has 0 spiro atoms. The van der Waals surface area contributed by atoms with Gasteiger partial charge in [-0.25, -0.2) is 0 Å². The fourth-order valence-corrected chi connectivity index (χ4v) is 9.17. The van der Waals surface area contributed by atoms with Crippen LogP contribution in [0.15, 0.2) is 66.7 Å². The Kier molecular flexibility index (Phi) is 12.6. The Hall–Kier alpha value is -4.62. The Bertz CT molecular complexity index is 1870. The van der Waals surface area contributed by atoms with Gasteiger partial charge < -0.3 is 31.3 Å². The first-order valence-corrected chi connectivity index (χ1v) is 19.8. The Balaban J connectivity index is 1.15. The molecule has 7 N–H and O–H groups in total. The highest BCUT2D eigenvalue weighted by atomic mass is 16.4. The van der Waals surface area contributed by atoms with Crippen molar-refractivity contribution < 1.29 is 29.7 Å². The van der Waals surface area contributed by atoms with Crippen LogP contribution in [0.1, 0.15) is 52.8 Å². The molecule has 3 aliphatic rings. The van der Waals surface area contributed by atoms with Crippen LogP contribution < -0.4 is 16.0 Å². The van der Waals surface area contributed by atoms with Crippen molar-refractivity contribution in [1.82, 2.24) is 31.0 Å². The zero-order valence-electron chi connectivity index (χ0n) is 31.4. The van der Waals surface area contributed by atoms with E-state index < -0.39 is 35.7 Å². The number of fused-ring (bicyclic) bond motifs is 1. The second-order valence-corrected chi connectivity index (χ2v) is 16.0. The third-order valence-corrected chi connectivity index (χ3v) is 12.2. The number of rotatable bonds is 18. The Morgan fingerprint density at radius 1 is 0.600 bits per heavy atom. The van der Waals surface area contributed by atoms with Gasteiger partial charge in [-0.15, -0.1) is 0 Å². The van der Waals surface area contributed by atoms with Crippen LogP contribution in [0.5, 0.6) is 0 Å². The first-order valence-electron chi connectivity index (χ1n) is 19.8. The van der Waals surface area contributed by atoms with Crippen LogP contribution in [0, 0.1) is 35.5 Å². The van der Waals surface area contributed by atoms with Crippen molar-refractivity contribution in [1.29, 1.82) is 0 Å². The predicted molar refractivity (Wildman–Crippen MR) is 209 cm³/mol. The summed E-state index contributed by atoms with van der Waals surface area (Å²) in [6.07, 6.45) is 3.99. The molecule has 0 unspecified atom stereocenters. The van der Waals surface area contributed by atoms with E-state index in [1.54, 1.807) is 0 Å². The number of aliphatic carboxylic acids is 3. The van der Waals surface area contributed by atoms with E-state index in [-0.39, 0.29) is 17.8 Å². The number of nitrogens with one attached hydrogen (secondary N) is 4. The van der Waals surface area contributed by atoms with Crippen LogP contribution in [0.25, 0.3) is 10.9 Å². The standard InChI is InChI=1S/C43H54N6O6/c50-41(51)35(32-9-12-44-21-32)17-27-3-1-5-30(15-27)24-49(25-31-6-2-4-28(16-31)18-36(42(52)53)33-10-13-45-22-33)26-40-38-20-29(7-8-39(38)47-48-40)19-37(43(54)55)34-11-14-46-23-34/h1-8,15-16,20,32-37,44-46H,9-14,17-19,21-26H2,(H,47,48)(H,50,51)(H,52,53)(H,54,55)/t32-,33-,34-,35-,36-,37-/m0/s1. The number of aromatic amines is 1. The maximum Gasteiger partial charge on any atom is 0.307 e. The van der Waals surface area contributed by atoms with Crippen molar-refractivity contribution in [3.63, 3.8) is 0 Å². The molecule has 3 fully saturated rings. The lowest BCUT2D eigenvalue weighted by molar-refractivity contribution is -0.144. The second kappa shape index (κ2) is 17.9. The molecule has 1 aromatic heterocycles. The van der Waals surface area contributed by atoms with Gasteiger partial charge in [0.1, 0.15) is 0 Å². The van der Waals surface area contributed by atoms with Gasteiger partial charge in [-0.3, -0.25) is 24.4 Å². The van der Waals surface area contributed by atoms with E-state index in [4.69, 9.17) is 0 Å². The third kappa shape index (κ3) is 9.80. The van der Waals surface area contributed by atoms with Gasteiger partial charge in [-0.2, -0.15) is 5.10 Å². The fourth-order valence-electron chi connectivity index (χ4n) is 9.17. The molecule has 7 rings (SSSR count). The number of carboxylic acids is 3. The van der Waals surface area contributed by atoms with Crippen molar-refractivity contribution in [2.45, 2.75) is 58.2 Å². The molecule has 0 radical (unpaired) electrons. The predicted octanol–water partition coefficient (Wildman–Crippen LogP) is 4.32. The summed E-state index contributed by atoms with van der Waals surface area (Å²) in [5.74, 6) is -3.32. The van der Waals surface area contributed by atoms with Crippen LogP contribution in [0.4, 0.5) is 0 Å². The molecule has 4 heterocycles. The molecule has 0 saturated carbocycles. The summed E-state index contributed by atoms with van der Waals surface area (Å²) in [7, 11) is 0. The summed E-state index contributed by atoms with van der Waals surface area (Å²) in [6, 6.07) is 22.5. The maximum atomic E-state index is 12.3. The molecule has 3 aliphatic heterocycles. The van der Waals surface area contributed by atoms with Gasteiger partial charge in [0, 0.05) is 25.0 Å². The molecule has 4 aromatic rings. The molecule has 3 saturated heterocycles. The zero-order chi connectivity index (χ0) is 38.3.